The van der Waals surface area contributed by atoms with E-state index in [9.17, 15) is 17.6 Å². The molecule has 1 aromatic rings. The number of benzene rings is 1. The standard InChI is InChI=1S/C15H17FN4O3S.H3N.Na/c1-11-10-20(12(2)9-19(11)15(21)6-7-18-17)24(22,23)14-5-3-4-13(16)8-14;;/h3-5,7-8,11-12H,9-10H2,1-2H3;1H3;/q-2;;+1/p+1/t11-,12+;;/m0../s1. The van der Waals surface area contributed by atoms with Crippen molar-refractivity contribution in [3.8, 4) is 0 Å². The van der Waals surface area contributed by atoms with E-state index in [1.165, 1.54) is 27.4 Å². The smallest absolute Gasteiger partial charge is 0.710 e. The monoisotopic (exact) mass is 393 g/mol. The third-order valence-electron chi connectivity index (χ3n) is 3.84. The Kier molecular flexibility index (Phi) is 9.78. The molecule has 1 amide bonds. The molecule has 1 heterocycles. The fourth-order valence-electron chi connectivity index (χ4n) is 2.64. The van der Waals surface area contributed by atoms with E-state index >= 15 is 0 Å². The van der Waals surface area contributed by atoms with Crippen LogP contribution in [-0.4, -0.2) is 48.7 Å². The van der Waals surface area contributed by atoms with Gasteiger partial charge in [-0.25, -0.2) is 12.8 Å². The first kappa shape index (κ1) is 24.8. The van der Waals surface area contributed by atoms with Crippen LogP contribution in [0.1, 0.15) is 13.8 Å². The molecule has 2 atom stereocenters. The van der Waals surface area contributed by atoms with Crippen LogP contribution in [0.4, 0.5) is 4.39 Å². The van der Waals surface area contributed by atoms with E-state index in [2.05, 4.69) is 11.2 Å². The van der Waals surface area contributed by atoms with E-state index in [4.69, 9.17) is 5.53 Å². The molecule has 0 unspecified atom stereocenters. The van der Waals surface area contributed by atoms with E-state index in [0.717, 1.165) is 12.3 Å². The van der Waals surface area contributed by atoms with E-state index in [1.807, 2.05) is 0 Å². The molecule has 138 valence electrons. The predicted octanol–water partition coefficient (Wildman–Crippen LogP) is -0.846. The number of halogens is 1. The molecule has 26 heavy (non-hydrogen) atoms. The quantitative estimate of drug-likeness (QED) is 0.310. The van der Waals surface area contributed by atoms with Crippen molar-refractivity contribution in [2.75, 3.05) is 13.1 Å². The van der Waals surface area contributed by atoms with Gasteiger partial charge < -0.3 is 32.6 Å². The van der Waals surface area contributed by atoms with Crippen LogP contribution in [0.5, 0.6) is 0 Å². The maximum absolute atomic E-state index is 13.3. The number of carbonyl (C=O) groups is 1. The fourth-order valence-corrected chi connectivity index (χ4v) is 4.38. The number of hydrogen-bond donors (Lipinski definition) is 1. The number of sulfonamides is 1. The molecule has 0 bridgehead atoms. The second kappa shape index (κ2) is 10.2. The average Bonchev–Trinajstić information content (AvgIpc) is 2.54. The number of nitrogens with zero attached hydrogens (tertiary/aromatic N) is 4. The third-order valence-corrected chi connectivity index (χ3v) is 5.81. The molecule has 1 aliphatic heterocycles. The van der Waals surface area contributed by atoms with Crippen molar-refractivity contribution in [1.82, 2.24) is 15.4 Å². The normalized spacial score (nSPS) is 21.0. The molecular formula is C15H21FN5NaO3S. The number of piperazine rings is 1. The Morgan fingerprint density at radius 1 is 1.35 bits per heavy atom. The molecule has 0 saturated carbocycles. The summed E-state index contributed by atoms with van der Waals surface area (Å²) in [5.41, 5.74) is 8.35. The molecule has 2 rings (SSSR count). The van der Waals surface area contributed by atoms with Crippen molar-refractivity contribution in [2.45, 2.75) is 30.8 Å². The van der Waals surface area contributed by atoms with Crippen LogP contribution in [0.3, 0.4) is 0 Å². The van der Waals surface area contributed by atoms with Crippen LogP contribution in [0.15, 0.2) is 40.5 Å². The molecule has 0 spiro atoms. The number of quaternary nitrogens is 1. The zero-order valence-corrected chi connectivity index (χ0v) is 18.1. The molecule has 1 aromatic carbocycles. The van der Waals surface area contributed by atoms with Crippen LogP contribution in [-0.2, 0) is 14.8 Å². The van der Waals surface area contributed by atoms with Crippen molar-refractivity contribution < 1.29 is 47.2 Å². The van der Waals surface area contributed by atoms with Gasteiger partial charge in [-0.2, -0.15) is 10.5 Å². The number of rotatable bonds is 4. The summed E-state index contributed by atoms with van der Waals surface area (Å²) in [7, 11) is -3.86. The van der Waals surface area contributed by atoms with Gasteiger partial charge in [0.25, 0.3) is 0 Å². The molecule has 1 aliphatic rings. The number of carbonyl (C=O) groups excluding carboxylic acids is 1. The maximum atomic E-state index is 13.3. The van der Waals surface area contributed by atoms with E-state index in [-0.39, 0.29) is 53.7 Å². The zero-order valence-electron chi connectivity index (χ0n) is 15.3. The summed E-state index contributed by atoms with van der Waals surface area (Å²) < 4.78 is 40.1. The summed E-state index contributed by atoms with van der Waals surface area (Å²) in [5.74, 6) is -1.12. The van der Waals surface area contributed by atoms with Gasteiger partial charge in [0, 0.05) is 25.2 Å². The van der Waals surface area contributed by atoms with Crippen LogP contribution in [0.2, 0.25) is 0 Å². The summed E-state index contributed by atoms with van der Waals surface area (Å²) in [6.45, 7) is 3.60. The van der Waals surface area contributed by atoms with Crippen LogP contribution in [0, 0.1) is 11.9 Å². The van der Waals surface area contributed by atoms with Gasteiger partial charge in [0.05, 0.1) is 10.8 Å². The van der Waals surface area contributed by atoms with Crippen molar-refractivity contribution in [1.29, 1.82) is 0 Å². The summed E-state index contributed by atoms with van der Waals surface area (Å²) in [5, 5.41) is 2.69. The molecule has 11 heteroatoms. The van der Waals surface area contributed by atoms with Gasteiger partial charge in [0.15, 0.2) is 0 Å². The molecule has 8 nitrogen and oxygen atoms in total. The zero-order chi connectivity index (χ0) is 17.9. The molecule has 1 fully saturated rings. The summed E-state index contributed by atoms with van der Waals surface area (Å²) in [4.78, 5) is 13.3. The Morgan fingerprint density at radius 3 is 2.58 bits per heavy atom. The van der Waals surface area contributed by atoms with E-state index in [1.54, 1.807) is 13.8 Å². The van der Waals surface area contributed by atoms with Gasteiger partial charge in [-0.15, -0.1) is 0 Å². The summed E-state index contributed by atoms with van der Waals surface area (Å²) >= 11 is 0. The first-order valence-corrected chi connectivity index (χ1v) is 8.72. The van der Waals surface area contributed by atoms with Gasteiger partial charge in [-0.1, -0.05) is 6.07 Å². The number of amides is 1. The van der Waals surface area contributed by atoms with Crippen LogP contribution >= 0.6 is 0 Å². The van der Waals surface area contributed by atoms with Crippen molar-refractivity contribution >= 4 is 15.9 Å². The number of hydrogen-bond acceptors (Lipinski definition) is 4. The van der Waals surface area contributed by atoms with Gasteiger partial charge in [0.2, 0.25) is 10.0 Å². The second-order valence-corrected chi connectivity index (χ2v) is 7.47. The maximum Gasteiger partial charge on any atom is 1.00 e. The molecule has 1 saturated heterocycles. The van der Waals surface area contributed by atoms with Gasteiger partial charge >= 0.3 is 29.6 Å². The molecule has 4 N–H and O–H groups in total. The molecular weight excluding hydrogens is 372 g/mol. The summed E-state index contributed by atoms with van der Waals surface area (Å²) in [6, 6.07) is 3.93. The largest absolute Gasteiger partial charge is 1.00 e. The van der Waals surface area contributed by atoms with Crippen LogP contribution < -0.4 is 35.7 Å². The minimum Gasteiger partial charge on any atom is -0.710 e. The Morgan fingerprint density at radius 2 is 2.00 bits per heavy atom. The topological polar surface area (TPSA) is 129 Å². The summed E-state index contributed by atoms with van der Waals surface area (Å²) in [6.07, 6.45) is 3.12. The minimum atomic E-state index is -3.86. The van der Waals surface area contributed by atoms with Crippen molar-refractivity contribution in [2.24, 2.45) is 5.11 Å². The van der Waals surface area contributed by atoms with Crippen LogP contribution in [0.25, 0.3) is 5.53 Å². The molecule has 0 radical (unpaired) electrons. The first-order chi connectivity index (χ1) is 11.3. The Labute approximate surface area is 174 Å². The third kappa shape index (κ3) is 5.41. The van der Waals surface area contributed by atoms with Crippen molar-refractivity contribution in [3.63, 3.8) is 0 Å². The van der Waals surface area contributed by atoms with E-state index in [0.29, 0.717) is 0 Å². The van der Waals surface area contributed by atoms with Gasteiger partial charge in [-0.05, 0) is 32.0 Å². The SMILES string of the molecule is C[C@@H]1CN(C(=O)[C-]=CN=[N-])[C@@H](C)CN1S(=O)(=O)c1cccc(F)c1.[NH4+].[Na+]. The molecule has 0 aromatic heterocycles. The average molecular weight is 393 g/mol. The van der Waals surface area contributed by atoms with Gasteiger partial charge in [-0.3, -0.25) is 0 Å². The van der Waals surface area contributed by atoms with E-state index < -0.39 is 33.8 Å². The Balaban J connectivity index is 0.00000312. The Hall–Kier alpha value is -1.17. The van der Waals surface area contributed by atoms with Crippen molar-refractivity contribution in [3.05, 3.63) is 47.9 Å². The molecule has 0 aliphatic carbocycles. The second-order valence-electron chi connectivity index (χ2n) is 5.58. The minimum absolute atomic E-state index is 0. The Bertz CT molecular complexity index is 774. The predicted molar refractivity (Wildman–Crippen MR) is 90.5 cm³/mol. The first-order valence-electron chi connectivity index (χ1n) is 7.28. The fraction of sp³-hybridized carbons (Fsp3) is 0.400. The van der Waals surface area contributed by atoms with Gasteiger partial charge in [0.1, 0.15) is 5.82 Å².